The third-order valence-electron chi connectivity index (χ3n) is 5.18. The molecule has 1 N–H and O–H groups in total. The third kappa shape index (κ3) is 3.30. The lowest BCUT2D eigenvalue weighted by Gasteiger charge is -2.09. The number of amides is 1. The van der Waals surface area contributed by atoms with Crippen LogP contribution in [0.15, 0.2) is 71.7 Å². The summed E-state index contributed by atoms with van der Waals surface area (Å²) < 4.78 is 2.72. The maximum Gasteiger partial charge on any atom is 0.299 e. The minimum atomic E-state index is -0.506. The zero-order chi connectivity index (χ0) is 22.2. The number of pyridine rings is 1. The summed E-state index contributed by atoms with van der Waals surface area (Å²) in [5, 5.41) is 13.7. The maximum absolute atomic E-state index is 13.0. The number of halogens is 1. The molecule has 0 saturated heterocycles. The zero-order valence-electron chi connectivity index (χ0n) is 17.0. The van der Waals surface area contributed by atoms with E-state index in [9.17, 15) is 9.59 Å². The van der Waals surface area contributed by atoms with Gasteiger partial charge in [-0.15, -0.1) is 10.2 Å². The second-order valence-corrected chi connectivity index (χ2v) is 7.59. The summed E-state index contributed by atoms with van der Waals surface area (Å²) in [5.41, 5.74) is 6.34. The van der Waals surface area contributed by atoms with Gasteiger partial charge >= 0.3 is 0 Å². The van der Waals surface area contributed by atoms with Crippen LogP contribution in [0.1, 0.15) is 23.0 Å². The number of benzene rings is 2. The van der Waals surface area contributed by atoms with Gasteiger partial charge in [0.2, 0.25) is 0 Å². The largest absolute Gasteiger partial charge is 0.299 e. The van der Waals surface area contributed by atoms with Gasteiger partial charge in [0.15, 0.2) is 11.2 Å². The highest BCUT2D eigenvalue weighted by molar-refractivity contribution is 6.30. The van der Waals surface area contributed by atoms with Crippen LogP contribution in [0.25, 0.3) is 27.8 Å². The topological polar surface area (TPSA) is 94.2 Å². The van der Waals surface area contributed by atoms with E-state index in [1.165, 1.54) is 6.20 Å². The summed E-state index contributed by atoms with van der Waals surface area (Å²) in [7, 11) is 0. The van der Waals surface area contributed by atoms with E-state index in [1.54, 1.807) is 34.8 Å². The SMILES string of the molecule is CCc1nn2c(nnc3c(=O)n(NC(=O)c4ccc(Cl)cc4)ccc32)c1-c1ccccc1. The predicted molar refractivity (Wildman–Crippen MR) is 123 cm³/mol. The Hall–Kier alpha value is -4.04. The van der Waals surface area contributed by atoms with E-state index < -0.39 is 11.5 Å². The molecular formula is C23H17ClN6O2. The van der Waals surface area contributed by atoms with Crippen LogP contribution < -0.4 is 11.0 Å². The number of nitrogens with zero attached hydrogens (tertiary/aromatic N) is 5. The van der Waals surface area contributed by atoms with Gasteiger partial charge in [-0.05, 0) is 42.3 Å². The van der Waals surface area contributed by atoms with Gasteiger partial charge in [-0.25, -0.2) is 9.19 Å². The minimum Gasteiger partial charge on any atom is -0.267 e. The average molecular weight is 445 g/mol. The molecule has 5 rings (SSSR count). The molecule has 0 aliphatic rings. The summed E-state index contributed by atoms with van der Waals surface area (Å²) in [6.45, 7) is 2.02. The number of hydrogen-bond acceptors (Lipinski definition) is 5. The van der Waals surface area contributed by atoms with Crippen molar-refractivity contribution >= 4 is 34.2 Å². The number of carbonyl (C=O) groups excluding carboxylic acids is 1. The molecule has 0 aliphatic carbocycles. The second-order valence-electron chi connectivity index (χ2n) is 7.15. The molecule has 0 spiro atoms. The lowest BCUT2D eigenvalue weighted by molar-refractivity contribution is 0.101. The summed E-state index contributed by atoms with van der Waals surface area (Å²) in [5.74, 6) is -0.448. The Morgan fingerprint density at radius 3 is 2.50 bits per heavy atom. The molecule has 1 amide bonds. The van der Waals surface area contributed by atoms with Gasteiger partial charge in [-0.2, -0.15) is 5.10 Å². The zero-order valence-corrected chi connectivity index (χ0v) is 17.7. The predicted octanol–water partition coefficient (Wildman–Crippen LogP) is 3.71. The van der Waals surface area contributed by atoms with Crippen LogP contribution in [0.2, 0.25) is 5.02 Å². The molecule has 5 aromatic rings. The molecule has 0 radical (unpaired) electrons. The maximum atomic E-state index is 13.0. The van der Waals surface area contributed by atoms with E-state index in [1.807, 2.05) is 37.3 Å². The van der Waals surface area contributed by atoms with Crippen molar-refractivity contribution in [2.45, 2.75) is 13.3 Å². The lowest BCUT2D eigenvalue weighted by Crippen LogP contribution is -2.33. The first-order chi connectivity index (χ1) is 15.6. The van der Waals surface area contributed by atoms with Crippen LogP contribution in [-0.4, -0.2) is 30.4 Å². The number of rotatable bonds is 4. The first-order valence-electron chi connectivity index (χ1n) is 9.99. The smallest absolute Gasteiger partial charge is 0.267 e. The number of fused-ring (bicyclic) bond motifs is 3. The Kier molecular flexibility index (Phi) is 4.91. The summed E-state index contributed by atoms with van der Waals surface area (Å²) in [6, 6.07) is 17.9. The van der Waals surface area contributed by atoms with Crippen LogP contribution in [0.4, 0.5) is 0 Å². The van der Waals surface area contributed by atoms with Crippen molar-refractivity contribution in [1.82, 2.24) is 24.5 Å². The molecule has 0 saturated carbocycles. The van der Waals surface area contributed by atoms with Gasteiger partial charge in [0.25, 0.3) is 11.5 Å². The molecule has 3 heterocycles. The van der Waals surface area contributed by atoms with Crippen LogP contribution in [-0.2, 0) is 6.42 Å². The van der Waals surface area contributed by atoms with Crippen LogP contribution in [0.3, 0.4) is 0 Å². The third-order valence-corrected chi connectivity index (χ3v) is 5.43. The molecule has 158 valence electrons. The molecule has 0 bridgehead atoms. The normalized spacial score (nSPS) is 11.2. The molecule has 2 aromatic carbocycles. The van der Waals surface area contributed by atoms with Crippen molar-refractivity contribution < 1.29 is 4.79 Å². The van der Waals surface area contributed by atoms with Gasteiger partial charge in [0, 0.05) is 16.8 Å². The molecule has 3 aromatic heterocycles. The van der Waals surface area contributed by atoms with Gasteiger partial charge in [-0.3, -0.25) is 15.0 Å². The fourth-order valence-electron chi connectivity index (χ4n) is 3.60. The first-order valence-corrected chi connectivity index (χ1v) is 10.4. The Morgan fingerprint density at radius 2 is 1.78 bits per heavy atom. The highest BCUT2D eigenvalue weighted by Crippen LogP contribution is 2.28. The van der Waals surface area contributed by atoms with Gasteiger partial charge < -0.3 is 0 Å². The van der Waals surface area contributed by atoms with Gasteiger partial charge in [0.05, 0.1) is 11.3 Å². The highest BCUT2D eigenvalue weighted by atomic mass is 35.5. The Labute approximate surface area is 187 Å². The molecule has 0 atom stereocenters. The van der Waals surface area contributed by atoms with Crippen molar-refractivity contribution in [3.63, 3.8) is 0 Å². The van der Waals surface area contributed by atoms with Crippen molar-refractivity contribution in [2.75, 3.05) is 5.43 Å². The monoisotopic (exact) mass is 444 g/mol. The lowest BCUT2D eigenvalue weighted by atomic mass is 10.0. The fourth-order valence-corrected chi connectivity index (χ4v) is 3.73. The van der Waals surface area contributed by atoms with E-state index in [0.29, 0.717) is 28.2 Å². The first kappa shape index (κ1) is 19.9. The van der Waals surface area contributed by atoms with Crippen molar-refractivity contribution in [3.8, 4) is 11.1 Å². The van der Waals surface area contributed by atoms with Crippen molar-refractivity contribution in [3.05, 3.63) is 93.5 Å². The number of carbonyl (C=O) groups is 1. The Morgan fingerprint density at radius 1 is 1.03 bits per heavy atom. The van der Waals surface area contributed by atoms with Crippen LogP contribution in [0.5, 0.6) is 0 Å². The molecular weight excluding hydrogens is 428 g/mol. The molecule has 9 heteroatoms. The quantitative estimate of drug-likeness (QED) is 0.456. The van der Waals surface area contributed by atoms with Gasteiger partial charge in [0.1, 0.15) is 5.52 Å². The molecule has 0 aliphatic heterocycles. The van der Waals surface area contributed by atoms with E-state index in [0.717, 1.165) is 21.5 Å². The van der Waals surface area contributed by atoms with Crippen molar-refractivity contribution in [1.29, 1.82) is 0 Å². The van der Waals surface area contributed by atoms with Crippen molar-refractivity contribution in [2.24, 2.45) is 0 Å². The van der Waals surface area contributed by atoms with E-state index >= 15 is 0 Å². The van der Waals surface area contributed by atoms with Crippen LogP contribution >= 0.6 is 11.6 Å². The standard InChI is InChI=1S/C23H17ClN6O2/c1-2-17-19(14-6-4-3-5-7-14)21-26-25-20-18(30(21)27-17)12-13-29(23(20)32)28-22(31)15-8-10-16(24)11-9-15/h3-13H,2H2,1H3,(H,28,31). The summed E-state index contributed by atoms with van der Waals surface area (Å²) in [4.78, 5) is 25.5. The highest BCUT2D eigenvalue weighted by Gasteiger charge is 2.19. The van der Waals surface area contributed by atoms with E-state index in [-0.39, 0.29) is 5.52 Å². The Balaban J connectivity index is 1.61. The van der Waals surface area contributed by atoms with E-state index in [2.05, 4.69) is 20.7 Å². The molecule has 0 fully saturated rings. The molecule has 0 unspecified atom stereocenters. The molecule has 32 heavy (non-hydrogen) atoms. The fraction of sp³-hybridized carbons (Fsp3) is 0.0870. The van der Waals surface area contributed by atoms with E-state index in [4.69, 9.17) is 11.6 Å². The summed E-state index contributed by atoms with van der Waals surface area (Å²) >= 11 is 5.87. The number of nitrogens with one attached hydrogen (secondary N) is 1. The number of hydrogen-bond donors (Lipinski definition) is 1. The second kappa shape index (κ2) is 7.90. The number of aryl methyl sites for hydroxylation is 1. The average Bonchev–Trinajstić information content (AvgIpc) is 3.21. The molecule has 8 nitrogen and oxygen atoms in total. The summed E-state index contributed by atoms with van der Waals surface area (Å²) in [6.07, 6.45) is 2.18. The van der Waals surface area contributed by atoms with Gasteiger partial charge in [-0.1, -0.05) is 48.9 Å². The Bertz CT molecular complexity index is 1520. The minimum absolute atomic E-state index is 0.0983. The van der Waals surface area contributed by atoms with Crippen LogP contribution in [0, 0.1) is 0 Å². The number of aromatic nitrogens is 5.